The van der Waals surface area contributed by atoms with Crippen LogP contribution in [-0.2, 0) is 19.1 Å². The number of nitrogens with zero attached hydrogens (tertiary/aromatic N) is 1. The van der Waals surface area contributed by atoms with Gasteiger partial charge in [-0.05, 0) is 38.2 Å². The first-order valence-electron chi connectivity index (χ1n) is 10.6. The smallest absolute Gasteiger partial charge is 0.246 e. The largest absolute Gasteiger partial charge is 0.381 e. The summed E-state index contributed by atoms with van der Waals surface area (Å²) in [6, 6.07) is 6.39. The van der Waals surface area contributed by atoms with E-state index in [9.17, 15) is 14.4 Å². The fourth-order valence-corrected chi connectivity index (χ4v) is 4.11. The van der Waals surface area contributed by atoms with Crippen molar-refractivity contribution in [3.8, 4) is 0 Å². The number of para-hydroxylation sites is 1. The minimum atomic E-state index is -0.567. The molecule has 0 aromatic heterocycles. The first kappa shape index (κ1) is 22.7. The molecule has 2 aliphatic rings. The van der Waals surface area contributed by atoms with Crippen LogP contribution in [0.15, 0.2) is 36.5 Å². The highest BCUT2D eigenvalue weighted by atomic mass is 16.5. The van der Waals surface area contributed by atoms with Crippen molar-refractivity contribution >= 4 is 29.0 Å². The highest BCUT2D eigenvalue weighted by Gasteiger charge is 2.33. The third kappa shape index (κ3) is 5.58. The van der Waals surface area contributed by atoms with E-state index < -0.39 is 6.04 Å². The van der Waals surface area contributed by atoms with Crippen LogP contribution < -0.4 is 10.6 Å². The molecule has 1 aliphatic heterocycles. The zero-order chi connectivity index (χ0) is 22.4. The van der Waals surface area contributed by atoms with Gasteiger partial charge in [-0.2, -0.15) is 0 Å². The Hall–Kier alpha value is -3.00. The number of nitrogens with one attached hydrogen (secondary N) is 3. The molecule has 1 heterocycles. The number of rotatable bonds is 8. The summed E-state index contributed by atoms with van der Waals surface area (Å²) in [4.78, 5) is 38.7. The molecule has 2 amide bonds. The maximum absolute atomic E-state index is 12.8. The van der Waals surface area contributed by atoms with Crippen LogP contribution >= 0.6 is 0 Å². The van der Waals surface area contributed by atoms with Gasteiger partial charge < -0.3 is 20.3 Å². The van der Waals surface area contributed by atoms with E-state index in [0.717, 1.165) is 25.7 Å². The summed E-state index contributed by atoms with van der Waals surface area (Å²) in [5.41, 5.74) is 0.864. The van der Waals surface area contributed by atoms with Crippen LogP contribution in [0.2, 0.25) is 0 Å². The van der Waals surface area contributed by atoms with Crippen molar-refractivity contribution in [3.05, 3.63) is 42.1 Å². The van der Waals surface area contributed by atoms with E-state index in [0.29, 0.717) is 17.7 Å². The van der Waals surface area contributed by atoms with Crippen LogP contribution in [0.5, 0.6) is 0 Å². The van der Waals surface area contributed by atoms with Gasteiger partial charge >= 0.3 is 0 Å². The predicted molar refractivity (Wildman–Crippen MR) is 118 cm³/mol. The highest BCUT2D eigenvalue weighted by Crippen LogP contribution is 2.22. The van der Waals surface area contributed by atoms with E-state index in [1.54, 1.807) is 37.6 Å². The zero-order valence-corrected chi connectivity index (χ0v) is 18.0. The SMILES string of the molecule is CO[C@H]1CCC[C@@H](NC(=O)[C@@H]2CC=CN2C(=O)CNc2ccccc2C(=N)C(C)=O)C1. The lowest BCUT2D eigenvalue weighted by Gasteiger charge is -2.31. The minimum absolute atomic E-state index is 0.0501. The summed E-state index contributed by atoms with van der Waals surface area (Å²) in [6.07, 6.45) is 7.83. The normalized spacial score (nSPS) is 22.8. The molecule has 1 saturated carbocycles. The second-order valence-electron chi connectivity index (χ2n) is 8.00. The van der Waals surface area contributed by atoms with Crippen LogP contribution in [0.3, 0.4) is 0 Å². The quantitative estimate of drug-likeness (QED) is 0.552. The fraction of sp³-hybridized carbons (Fsp3) is 0.478. The molecule has 8 heteroatoms. The Kier molecular flexibility index (Phi) is 7.57. The molecule has 3 N–H and O–H groups in total. The van der Waals surface area contributed by atoms with Crippen molar-refractivity contribution in [2.75, 3.05) is 19.0 Å². The van der Waals surface area contributed by atoms with Crippen molar-refractivity contribution in [2.45, 2.75) is 57.2 Å². The maximum Gasteiger partial charge on any atom is 0.246 e. The number of carbonyl (C=O) groups is 3. The topological polar surface area (TPSA) is 112 Å². The lowest BCUT2D eigenvalue weighted by molar-refractivity contribution is -0.136. The molecule has 166 valence electrons. The molecule has 1 aromatic carbocycles. The van der Waals surface area contributed by atoms with Crippen LogP contribution in [0.25, 0.3) is 0 Å². The first-order chi connectivity index (χ1) is 14.9. The van der Waals surface area contributed by atoms with Crippen LogP contribution in [0.4, 0.5) is 5.69 Å². The summed E-state index contributed by atoms with van der Waals surface area (Å²) in [5, 5.41) is 14.1. The molecule has 1 fully saturated rings. The number of methoxy groups -OCH3 is 1. The molecule has 0 spiro atoms. The van der Waals surface area contributed by atoms with Gasteiger partial charge in [0.1, 0.15) is 11.8 Å². The third-order valence-electron chi connectivity index (χ3n) is 5.84. The molecule has 0 radical (unpaired) electrons. The zero-order valence-electron chi connectivity index (χ0n) is 18.0. The lowest BCUT2D eigenvalue weighted by atomic mass is 9.92. The number of ether oxygens (including phenoxy) is 1. The van der Waals surface area contributed by atoms with E-state index in [1.165, 1.54) is 11.8 Å². The first-order valence-corrected chi connectivity index (χ1v) is 10.6. The molecule has 3 atom stereocenters. The summed E-state index contributed by atoms with van der Waals surface area (Å²) in [7, 11) is 1.69. The van der Waals surface area contributed by atoms with E-state index in [4.69, 9.17) is 10.1 Å². The van der Waals surface area contributed by atoms with Gasteiger partial charge in [0.2, 0.25) is 11.8 Å². The van der Waals surface area contributed by atoms with Gasteiger partial charge in [0, 0.05) is 37.5 Å². The van der Waals surface area contributed by atoms with Gasteiger partial charge in [-0.1, -0.05) is 24.3 Å². The minimum Gasteiger partial charge on any atom is -0.381 e. The molecule has 31 heavy (non-hydrogen) atoms. The number of amides is 2. The number of hydrogen-bond acceptors (Lipinski definition) is 6. The van der Waals surface area contributed by atoms with Gasteiger partial charge in [0.05, 0.1) is 12.6 Å². The van der Waals surface area contributed by atoms with Crippen molar-refractivity contribution in [1.29, 1.82) is 5.41 Å². The lowest BCUT2D eigenvalue weighted by Crippen LogP contribution is -2.50. The van der Waals surface area contributed by atoms with Crippen LogP contribution in [0, 0.1) is 5.41 Å². The molecular weight excluding hydrogens is 396 g/mol. The van der Waals surface area contributed by atoms with Crippen molar-refractivity contribution in [3.63, 3.8) is 0 Å². The van der Waals surface area contributed by atoms with Crippen LogP contribution in [-0.4, -0.2) is 60.1 Å². The van der Waals surface area contributed by atoms with Crippen molar-refractivity contribution in [1.82, 2.24) is 10.2 Å². The number of ketones is 1. The third-order valence-corrected chi connectivity index (χ3v) is 5.84. The number of carbonyl (C=O) groups excluding carboxylic acids is 3. The average molecular weight is 427 g/mol. The average Bonchev–Trinajstić information content (AvgIpc) is 3.27. The van der Waals surface area contributed by atoms with Crippen molar-refractivity contribution < 1.29 is 19.1 Å². The van der Waals surface area contributed by atoms with E-state index in [2.05, 4.69) is 10.6 Å². The Labute approximate surface area is 182 Å². The number of Topliss-reactive ketones (excluding diaryl/α,β-unsaturated/α-hetero) is 1. The van der Waals surface area contributed by atoms with Crippen LogP contribution in [0.1, 0.15) is 44.6 Å². The molecule has 0 saturated heterocycles. The fourth-order valence-electron chi connectivity index (χ4n) is 4.11. The summed E-state index contributed by atoms with van der Waals surface area (Å²) >= 11 is 0. The molecule has 1 aliphatic carbocycles. The van der Waals surface area contributed by atoms with Crippen molar-refractivity contribution in [2.24, 2.45) is 0 Å². The summed E-state index contributed by atoms with van der Waals surface area (Å²) in [5.74, 6) is -0.756. The van der Waals surface area contributed by atoms with Gasteiger partial charge in [-0.15, -0.1) is 0 Å². The summed E-state index contributed by atoms with van der Waals surface area (Å²) in [6.45, 7) is 1.29. The Morgan fingerprint density at radius 2 is 2.00 bits per heavy atom. The van der Waals surface area contributed by atoms with Gasteiger partial charge in [-0.3, -0.25) is 19.8 Å². The molecule has 3 rings (SSSR count). The van der Waals surface area contributed by atoms with Gasteiger partial charge in [0.25, 0.3) is 0 Å². The Bertz CT molecular complexity index is 882. The standard InChI is InChI=1S/C23H30N4O4/c1-15(28)22(24)18-9-3-4-10-19(18)25-14-21(29)27-12-6-11-20(27)23(30)26-16-7-5-8-17(13-16)31-2/h3-4,6,9-10,12,16-17,20,24-25H,5,7-8,11,13-14H2,1-2H3,(H,26,30)/t16-,17+,20+/m1/s1. The second-order valence-corrected chi connectivity index (χ2v) is 8.00. The molecule has 8 nitrogen and oxygen atoms in total. The van der Waals surface area contributed by atoms with Gasteiger partial charge in [0.15, 0.2) is 5.78 Å². The van der Waals surface area contributed by atoms with Gasteiger partial charge in [-0.25, -0.2) is 0 Å². The van der Waals surface area contributed by atoms with E-state index >= 15 is 0 Å². The molecule has 0 unspecified atom stereocenters. The van der Waals surface area contributed by atoms with E-state index in [-0.39, 0.29) is 42.0 Å². The molecule has 0 bridgehead atoms. The Morgan fingerprint density at radius 1 is 1.23 bits per heavy atom. The number of benzene rings is 1. The second kappa shape index (κ2) is 10.3. The number of hydrogen-bond donors (Lipinski definition) is 3. The number of anilines is 1. The predicted octanol–water partition coefficient (Wildman–Crippen LogP) is 2.24. The molecular formula is C23H30N4O4. The highest BCUT2D eigenvalue weighted by molar-refractivity contribution is 6.45. The maximum atomic E-state index is 12.8. The van der Waals surface area contributed by atoms with E-state index in [1.807, 2.05) is 6.08 Å². The Morgan fingerprint density at radius 3 is 2.74 bits per heavy atom. The monoisotopic (exact) mass is 426 g/mol. The molecule has 1 aromatic rings. The summed E-state index contributed by atoms with van der Waals surface area (Å²) < 4.78 is 5.43. The Balaban J connectivity index is 1.59.